The first-order valence-corrected chi connectivity index (χ1v) is 9.79. The number of aryl methyl sites for hydroxylation is 1. The van der Waals surface area contributed by atoms with Crippen LogP contribution in [0.25, 0.3) is 22.3 Å². The lowest BCUT2D eigenvalue weighted by atomic mass is 10.1. The molecule has 0 radical (unpaired) electrons. The fourth-order valence-electron chi connectivity index (χ4n) is 3.64. The minimum Gasteiger partial charge on any atom is -0.493 e. The van der Waals surface area contributed by atoms with E-state index in [9.17, 15) is 9.59 Å². The SMILES string of the molecule is CCCCCCCCn1c2nc(=O)[nH]c(=O)c-2cc2ccc(OC)c(OC)c21. The molecule has 150 valence electrons. The Morgan fingerprint density at radius 3 is 2.50 bits per heavy atom. The van der Waals surface area contributed by atoms with Gasteiger partial charge in [0.15, 0.2) is 17.3 Å². The van der Waals surface area contributed by atoms with Gasteiger partial charge in [0, 0.05) is 11.9 Å². The molecule has 0 amide bonds. The zero-order chi connectivity index (χ0) is 20.1. The maximum absolute atomic E-state index is 12.4. The van der Waals surface area contributed by atoms with Gasteiger partial charge in [-0.1, -0.05) is 39.0 Å². The van der Waals surface area contributed by atoms with Crippen molar-refractivity contribution in [1.29, 1.82) is 0 Å². The number of methoxy groups -OCH3 is 2. The summed E-state index contributed by atoms with van der Waals surface area (Å²) in [5, 5.41) is 0.835. The molecule has 0 bridgehead atoms. The first-order valence-electron chi connectivity index (χ1n) is 9.79. The molecule has 0 fully saturated rings. The molecule has 2 aliphatic rings. The number of ether oxygens (including phenoxy) is 2. The van der Waals surface area contributed by atoms with Crippen LogP contribution in [0.3, 0.4) is 0 Å². The van der Waals surface area contributed by atoms with E-state index in [1.807, 2.05) is 16.7 Å². The van der Waals surface area contributed by atoms with Gasteiger partial charge in [-0.25, -0.2) is 4.79 Å². The van der Waals surface area contributed by atoms with Crippen LogP contribution in [0.2, 0.25) is 0 Å². The summed E-state index contributed by atoms with van der Waals surface area (Å²) in [4.78, 5) is 30.6. The molecule has 7 heteroatoms. The fraction of sp³-hybridized carbons (Fsp3) is 0.476. The highest BCUT2D eigenvalue weighted by atomic mass is 16.5. The molecule has 2 aliphatic heterocycles. The third kappa shape index (κ3) is 3.88. The van der Waals surface area contributed by atoms with E-state index in [-0.39, 0.29) is 0 Å². The highest BCUT2D eigenvalue weighted by molar-refractivity contribution is 5.92. The number of H-pyrrole nitrogens is 1. The van der Waals surface area contributed by atoms with Crippen LogP contribution in [0, 0.1) is 0 Å². The number of unbranched alkanes of at least 4 members (excludes halogenated alkanes) is 5. The number of fused-ring (bicyclic) bond motifs is 2. The lowest BCUT2D eigenvalue weighted by Crippen LogP contribution is -2.27. The van der Waals surface area contributed by atoms with Crippen LogP contribution in [-0.4, -0.2) is 28.8 Å². The third-order valence-electron chi connectivity index (χ3n) is 5.02. The summed E-state index contributed by atoms with van der Waals surface area (Å²) in [6.07, 6.45) is 6.83. The van der Waals surface area contributed by atoms with Crippen molar-refractivity contribution in [2.24, 2.45) is 0 Å². The van der Waals surface area contributed by atoms with Gasteiger partial charge >= 0.3 is 5.69 Å². The molecule has 2 heterocycles. The number of nitrogens with one attached hydrogen (secondary N) is 1. The van der Waals surface area contributed by atoms with E-state index in [0.717, 1.165) is 23.7 Å². The van der Waals surface area contributed by atoms with Crippen molar-refractivity contribution in [2.75, 3.05) is 14.2 Å². The molecule has 7 nitrogen and oxygen atoms in total. The number of aromatic nitrogens is 3. The third-order valence-corrected chi connectivity index (χ3v) is 5.02. The number of nitrogens with zero attached hydrogens (tertiary/aromatic N) is 2. The number of hydrogen-bond acceptors (Lipinski definition) is 5. The van der Waals surface area contributed by atoms with Crippen LogP contribution >= 0.6 is 0 Å². The Morgan fingerprint density at radius 2 is 1.79 bits per heavy atom. The molecule has 1 N–H and O–H groups in total. The van der Waals surface area contributed by atoms with Gasteiger partial charge in [0.2, 0.25) is 0 Å². The van der Waals surface area contributed by atoms with Crippen LogP contribution in [0.15, 0.2) is 27.8 Å². The van der Waals surface area contributed by atoms with Crippen LogP contribution in [-0.2, 0) is 6.54 Å². The molecule has 1 aromatic rings. The van der Waals surface area contributed by atoms with E-state index in [1.54, 1.807) is 20.3 Å². The number of rotatable bonds is 9. The monoisotopic (exact) mass is 385 g/mol. The van der Waals surface area contributed by atoms with E-state index in [1.165, 1.54) is 25.7 Å². The maximum Gasteiger partial charge on any atom is 0.349 e. The number of benzene rings is 1. The molecule has 0 aliphatic carbocycles. The Labute approximate surface area is 163 Å². The summed E-state index contributed by atoms with van der Waals surface area (Å²) in [5.41, 5.74) is 0.101. The first kappa shape index (κ1) is 19.9. The van der Waals surface area contributed by atoms with Gasteiger partial charge in [0.05, 0.1) is 25.3 Å². The maximum atomic E-state index is 12.4. The summed E-state index contributed by atoms with van der Waals surface area (Å²) in [6.45, 7) is 2.83. The predicted molar refractivity (Wildman–Crippen MR) is 110 cm³/mol. The van der Waals surface area contributed by atoms with Crippen molar-refractivity contribution in [3.05, 3.63) is 39.0 Å². The highest BCUT2D eigenvalue weighted by Crippen LogP contribution is 2.38. The Morgan fingerprint density at radius 1 is 1.04 bits per heavy atom. The second-order valence-electron chi connectivity index (χ2n) is 6.91. The van der Waals surface area contributed by atoms with E-state index in [2.05, 4.69) is 16.9 Å². The van der Waals surface area contributed by atoms with Crippen LogP contribution in [0.4, 0.5) is 0 Å². The van der Waals surface area contributed by atoms with Gasteiger partial charge in [-0.2, -0.15) is 4.98 Å². The molecule has 0 spiro atoms. The molecule has 0 unspecified atom stereocenters. The van der Waals surface area contributed by atoms with Crippen molar-refractivity contribution in [3.63, 3.8) is 0 Å². The van der Waals surface area contributed by atoms with E-state index < -0.39 is 11.2 Å². The summed E-state index contributed by atoms with van der Waals surface area (Å²) in [6, 6.07) is 5.44. The molecule has 0 aromatic heterocycles. The zero-order valence-electron chi connectivity index (χ0n) is 16.7. The van der Waals surface area contributed by atoms with E-state index in [0.29, 0.717) is 29.4 Å². The molecule has 3 rings (SSSR count). The smallest absolute Gasteiger partial charge is 0.349 e. The first-order chi connectivity index (χ1) is 13.6. The lowest BCUT2D eigenvalue weighted by molar-refractivity contribution is 0.356. The topological polar surface area (TPSA) is 86.2 Å². The lowest BCUT2D eigenvalue weighted by Gasteiger charge is -2.20. The minimum absolute atomic E-state index is 0.376. The van der Waals surface area contributed by atoms with Crippen molar-refractivity contribution < 1.29 is 9.47 Å². The van der Waals surface area contributed by atoms with Gasteiger partial charge in [-0.05, 0) is 24.6 Å². The largest absolute Gasteiger partial charge is 0.493 e. The predicted octanol–water partition coefficient (Wildman–Crippen LogP) is 3.57. The molecule has 0 saturated heterocycles. The second kappa shape index (κ2) is 8.91. The van der Waals surface area contributed by atoms with Crippen LogP contribution in [0.5, 0.6) is 11.5 Å². The molecular formula is C21H27N3O4. The van der Waals surface area contributed by atoms with Crippen molar-refractivity contribution in [2.45, 2.75) is 52.0 Å². The van der Waals surface area contributed by atoms with Crippen LogP contribution in [0.1, 0.15) is 45.4 Å². The number of hydrogen-bond donors (Lipinski definition) is 1. The standard InChI is InChI=1S/C21H27N3O4/c1-4-5-6-7-8-9-12-24-17-14(10-11-16(27-2)18(17)28-3)13-15-19(24)22-21(26)23-20(15)25/h10-11,13H,4-9,12H2,1-3H3,(H,23,25,26). The Bertz CT molecular complexity index is 1040. The molecule has 0 atom stereocenters. The van der Waals surface area contributed by atoms with Crippen molar-refractivity contribution >= 4 is 10.9 Å². The minimum atomic E-state index is -0.643. The van der Waals surface area contributed by atoms with Crippen molar-refractivity contribution in [3.8, 4) is 22.9 Å². The summed E-state index contributed by atoms with van der Waals surface area (Å²) < 4.78 is 13.0. The Balaban J connectivity index is 2.14. The molecule has 28 heavy (non-hydrogen) atoms. The summed E-state index contributed by atoms with van der Waals surface area (Å²) >= 11 is 0. The van der Waals surface area contributed by atoms with E-state index in [4.69, 9.17) is 9.47 Å². The van der Waals surface area contributed by atoms with Gasteiger partial charge < -0.3 is 14.0 Å². The normalized spacial score (nSPS) is 11.2. The van der Waals surface area contributed by atoms with Gasteiger partial charge in [0.25, 0.3) is 5.56 Å². The quantitative estimate of drug-likeness (QED) is 0.449. The average Bonchev–Trinajstić information content (AvgIpc) is 2.69. The van der Waals surface area contributed by atoms with Gasteiger partial charge in [0.1, 0.15) is 0 Å². The fourth-order valence-corrected chi connectivity index (χ4v) is 3.64. The highest BCUT2D eigenvalue weighted by Gasteiger charge is 2.21. The zero-order valence-corrected chi connectivity index (χ0v) is 16.7. The average molecular weight is 385 g/mol. The Kier molecular flexibility index (Phi) is 6.34. The second-order valence-corrected chi connectivity index (χ2v) is 6.91. The summed E-state index contributed by atoms with van der Waals surface area (Å²) in [7, 11) is 3.17. The summed E-state index contributed by atoms with van der Waals surface area (Å²) in [5.74, 6) is 1.54. The van der Waals surface area contributed by atoms with Gasteiger partial charge in [-0.15, -0.1) is 0 Å². The van der Waals surface area contributed by atoms with Gasteiger partial charge in [-0.3, -0.25) is 9.78 Å². The molecular weight excluding hydrogens is 358 g/mol. The number of aromatic amines is 1. The number of pyridine rings is 1. The van der Waals surface area contributed by atoms with E-state index >= 15 is 0 Å². The Hall–Kier alpha value is -2.83. The molecule has 0 saturated carbocycles. The van der Waals surface area contributed by atoms with Crippen molar-refractivity contribution in [1.82, 2.24) is 14.5 Å². The van der Waals surface area contributed by atoms with Crippen LogP contribution < -0.4 is 20.7 Å². The molecule has 1 aromatic carbocycles.